The lowest BCUT2D eigenvalue weighted by Gasteiger charge is -2.18. The first-order valence-corrected chi connectivity index (χ1v) is 11.7. The van der Waals surface area contributed by atoms with Gasteiger partial charge in [0.25, 0.3) is 5.91 Å². The maximum Gasteiger partial charge on any atom is 0.270 e. The van der Waals surface area contributed by atoms with Crippen molar-refractivity contribution in [3.63, 3.8) is 0 Å². The number of para-hydroxylation sites is 1. The van der Waals surface area contributed by atoms with Crippen LogP contribution in [0.4, 0.5) is 5.69 Å². The van der Waals surface area contributed by atoms with Crippen LogP contribution in [0.1, 0.15) is 59.9 Å². The minimum atomic E-state index is -3.35. The van der Waals surface area contributed by atoms with Crippen molar-refractivity contribution in [2.45, 2.75) is 39.7 Å². The summed E-state index contributed by atoms with van der Waals surface area (Å²) in [6.07, 6.45) is 1.12. The maximum atomic E-state index is 13.1. The molecule has 0 saturated heterocycles. The number of sulfonamides is 1. The van der Waals surface area contributed by atoms with Gasteiger partial charge < -0.3 is 5.32 Å². The van der Waals surface area contributed by atoms with E-state index in [0.29, 0.717) is 11.4 Å². The molecule has 6 nitrogen and oxygen atoms in total. The molecule has 1 atom stereocenters. The average Bonchev–Trinajstić information content (AvgIpc) is 2.67. The third-order valence-corrected chi connectivity index (χ3v) is 5.57. The SMILES string of the molecule is Cc1cc([C@@H](C)NC(=O)c2nc3ccccc3cc2C(C)C)ccc1NS(C)(=O)=O. The Labute approximate surface area is 177 Å². The Bertz CT molecular complexity index is 1200. The van der Waals surface area contributed by atoms with E-state index >= 15 is 0 Å². The summed E-state index contributed by atoms with van der Waals surface area (Å²) < 4.78 is 25.5. The number of rotatable bonds is 6. The van der Waals surface area contributed by atoms with Gasteiger partial charge in [0, 0.05) is 5.39 Å². The zero-order valence-electron chi connectivity index (χ0n) is 17.9. The minimum Gasteiger partial charge on any atom is -0.344 e. The van der Waals surface area contributed by atoms with Gasteiger partial charge in [-0.1, -0.05) is 44.2 Å². The van der Waals surface area contributed by atoms with E-state index < -0.39 is 10.0 Å². The largest absolute Gasteiger partial charge is 0.344 e. The molecular formula is C23H27N3O3S. The van der Waals surface area contributed by atoms with Crippen LogP contribution in [0.2, 0.25) is 0 Å². The number of fused-ring (bicyclic) bond motifs is 1. The highest BCUT2D eigenvalue weighted by Crippen LogP contribution is 2.25. The summed E-state index contributed by atoms with van der Waals surface area (Å²) >= 11 is 0. The Balaban J connectivity index is 1.87. The van der Waals surface area contributed by atoms with Crippen molar-refractivity contribution in [2.75, 3.05) is 11.0 Å². The van der Waals surface area contributed by atoms with E-state index in [9.17, 15) is 13.2 Å². The van der Waals surface area contributed by atoms with E-state index in [1.54, 1.807) is 6.07 Å². The zero-order valence-corrected chi connectivity index (χ0v) is 18.7. The molecule has 0 saturated carbocycles. The van der Waals surface area contributed by atoms with Crippen LogP contribution in [0, 0.1) is 6.92 Å². The number of carbonyl (C=O) groups is 1. The number of hydrogen-bond donors (Lipinski definition) is 2. The Hall–Kier alpha value is -2.93. The summed E-state index contributed by atoms with van der Waals surface area (Å²) in [6.45, 7) is 7.81. The van der Waals surface area contributed by atoms with Crippen LogP contribution in [0.15, 0.2) is 48.5 Å². The topological polar surface area (TPSA) is 88.2 Å². The van der Waals surface area contributed by atoms with Gasteiger partial charge in [-0.2, -0.15) is 0 Å². The average molecular weight is 426 g/mol. The summed E-state index contributed by atoms with van der Waals surface area (Å²) in [5.74, 6) is -0.0744. The van der Waals surface area contributed by atoms with E-state index in [0.717, 1.165) is 33.8 Å². The standard InChI is InChI=1S/C23H27N3O3S/c1-14(2)19-13-18-8-6-7-9-21(18)25-22(19)23(27)24-16(4)17-10-11-20(15(3)12-17)26-30(5,28)29/h6-14,16,26H,1-5H3,(H,24,27)/t16-/m1/s1. The molecule has 0 fully saturated rings. The number of benzene rings is 2. The van der Waals surface area contributed by atoms with Crippen molar-refractivity contribution >= 4 is 32.5 Å². The van der Waals surface area contributed by atoms with E-state index in [4.69, 9.17) is 0 Å². The highest BCUT2D eigenvalue weighted by Gasteiger charge is 2.19. The third kappa shape index (κ3) is 4.97. The number of amides is 1. The van der Waals surface area contributed by atoms with E-state index in [1.165, 1.54) is 0 Å². The Morgan fingerprint density at radius 3 is 2.37 bits per heavy atom. The summed E-state index contributed by atoms with van der Waals surface area (Å²) in [5, 5.41) is 4.04. The molecule has 3 rings (SSSR count). The molecule has 0 aliphatic heterocycles. The number of carbonyl (C=O) groups excluding carboxylic acids is 1. The molecule has 0 spiro atoms. The second-order valence-corrected chi connectivity index (χ2v) is 9.67. The van der Waals surface area contributed by atoms with Gasteiger partial charge >= 0.3 is 0 Å². The Kier molecular flexibility index (Phi) is 6.12. The lowest BCUT2D eigenvalue weighted by Crippen LogP contribution is -2.28. The smallest absolute Gasteiger partial charge is 0.270 e. The molecule has 1 amide bonds. The molecule has 2 aromatic carbocycles. The molecule has 0 bridgehead atoms. The molecule has 7 heteroatoms. The molecule has 1 aromatic heterocycles. The first-order chi connectivity index (χ1) is 14.0. The molecule has 0 unspecified atom stereocenters. The summed E-state index contributed by atoms with van der Waals surface area (Å²) in [5.41, 5.74) is 4.31. The summed E-state index contributed by atoms with van der Waals surface area (Å²) in [6, 6.07) is 14.9. The van der Waals surface area contributed by atoms with Crippen LogP contribution in [-0.4, -0.2) is 25.6 Å². The van der Waals surface area contributed by atoms with Gasteiger partial charge in [-0.05, 0) is 54.7 Å². The van der Waals surface area contributed by atoms with Gasteiger partial charge in [-0.15, -0.1) is 0 Å². The molecule has 3 aromatic rings. The molecule has 1 heterocycles. The van der Waals surface area contributed by atoms with Crippen molar-refractivity contribution in [3.05, 3.63) is 70.9 Å². The number of aromatic nitrogens is 1. The monoisotopic (exact) mass is 425 g/mol. The molecule has 2 N–H and O–H groups in total. The Morgan fingerprint density at radius 2 is 1.73 bits per heavy atom. The number of anilines is 1. The van der Waals surface area contributed by atoms with E-state index in [2.05, 4.69) is 15.0 Å². The predicted octanol–water partition coefficient (Wildman–Crippen LogP) is 4.53. The Morgan fingerprint density at radius 1 is 1.03 bits per heavy atom. The molecular weight excluding hydrogens is 398 g/mol. The van der Waals surface area contributed by atoms with Gasteiger partial charge in [0.05, 0.1) is 23.5 Å². The number of nitrogens with zero attached hydrogens (tertiary/aromatic N) is 1. The van der Waals surface area contributed by atoms with E-state index in [-0.39, 0.29) is 17.9 Å². The second-order valence-electron chi connectivity index (χ2n) is 7.92. The molecule has 158 valence electrons. The number of nitrogens with one attached hydrogen (secondary N) is 2. The van der Waals surface area contributed by atoms with Crippen LogP contribution >= 0.6 is 0 Å². The van der Waals surface area contributed by atoms with Crippen LogP contribution in [0.5, 0.6) is 0 Å². The van der Waals surface area contributed by atoms with Crippen LogP contribution < -0.4 is 10.0 Å². The van der Waals surface area contributed by atoms with Gasteiger partial charge in [0.2, 0.25) is 10.0 Å². The summed E-state index contributed by atoms with van der Waals surface area (Å²) in [4.78, 5) is 17.7. The van der Waals surface area contributed by atoms with Gasteiger partial charge in [-0.25, -0.2) is 13.4 Å². The number of hydrogen-bond acceptors (Lipinski definition) is 4. The lowest BCUT2D eigenvalue weighted by atomic mass is 9.98. The van der Waals surface area contributed by atoms with Crippen LogP contribution in [0.25, 0.3) is 10.9 Å². The van der Waals surface area contributed by atoms with Crippen molar-refractivity contribution in [2.24, 2.45) is 0 Å². The van der Waals surface area contributed by atoms with Crippen molar-refractivity contribution in [3.8, 4) is 0 Å². The fourth-order valence-electron chi connectivity index (χ4n) is 3.37. The highest BCUT2D eigenvalue weighted by molar-refractivity contribution is 7.92. The molecule has 0 aliphatic rings. The summed E-state index contributed by atoms with van der Waals surface area (Å²) in [7, 11) is -3.35. The number of aryl methyl sites for hydroxylation is 1. The normalized spacial score (nSPS) is 12.7. The first kappa shape index (κ1) is 21.8. The van der Waals surface area contributed by atoms with E-state index in [1.807, 2.05) is 70.2 Å². The lowest BCUT2D eigenvalue weighted by molar-refractivity contribution is 0.0933. The van der Waals surface area contributed by atoms with Gasteiger partial charge in [0.1, 0.15) is 5.69 Å². The molecule has 0 radical (unpaired) electrons. The van der Waals surface area contributed by atoms with Gasteiger partial charge in [0.15, 0.2) is 0 Å². The fraction of sp³-hybridized carbons (Fsp3) is 0.304. The maximum absolute atomic E-state index is 13.1. The second kappa shape index (κ2) is 8.44. The molecule has 30 heavy (non-hydrogen) atoms. The van der Waals surface area contributed by atoms with Crippen molar-refractivity contribution in [1.82, 2.24) is 10.3 Å². The quantitative estimate of drug-likeness (QED) is 0.607. The zero-order chi connectivity index (χ0) is 22.1. The van der Waals surface area contributed by atoms with Crippen molar-refractivity contribution < 1.29 is 13.2 Å². The van der Waals surface area contributed by atoms with Crippen LogP contribution in [0.3, 0.4) is 0 Å². The molecule has 0 aliphatic carbocycles. The predicted molar refractivity (Wildman–Crippen MR) is 121 cm³/mol. The number of pyridine rings is 1. The van der Waals surface area contributed by atoms with Crippen LogP contribution in [-0.2, 0) is 10.0 Å². The van der Waals surface area contributed by atoms with Gasteiger partial charge in [-0.3, -0.25) is 9.52 Å². The first-order valence-electron chi connectivity index (χ1n) is 9.84. The fourth-order valence-corrected chi connectivity index (χ4v) is 4.00. The minimum absolute atomic E-state index is 0.154. The third-order valence-electron chi connectivity index (χ3n) is 4.98. The highest BCUT2D eigenvalue weighted by atomic mass is 32.2. The van der Waals surface area contributed by atoms with Crippen molar-refractivity contribution in [1.29, 1.82) is 0 Å².